The molecule has 0 amide bonds. The van der Waals surface area contributed by atoms with Crippen LogP contribution in [0, 0.1) is 11.3 Å². The molecular weight excluding hydrogens is 244 g/mol. The van der Waals surface area contributed by atoms with Gasteiger partial charge in [-0.1, -0.05) is 0 Å². The molecule has 0 unspecified atom stereocenters. The quantitative estimate of drug-likeness (QED) is 0.242. The second-order valence-corrected chi connectivity index (χ2v) is 4.23. The van der Waals surface area contributed by atoms with E-state index in [0.29, 0.717) is 12.8 Å². The van der Waals surface area contributed by atoms with Crippen molar-refractivity contribution in [2.45, 2.75) is 12.8 Å². The van der Waals surface area contributed by atoms with Gasteiger partial charge < -0.3 is 35.7 Å². The summed E-state index contributed by atoms with van der Waals surface area (Å²) in [5, 5.41) is 59.4. The second kappa shape index (κ2) is 13.2. The van der Waals surface area contributed by atoms with Gasteiger partial charge in [0.05, 0.1) is 31.8 Å². The summed E-state index contributed by atoms with van der Waals surface area (Å²) in [5.41, 5.74) is -1.11. The Balaban J connectivity index is 0. The van der Waals surface area contributed by atoms with Crippen molar-refractivity contribution >= 4 is 0 Å². The van der Waals surface area contributed by atoms with Gasteiger partial charge in [0.2, 0.25) is 0 Å². The fraction of sp³-hybridized carbons (Fsp3) is 1.00. The lowest BCUT2D eigenvalue weighted by Gasteiger charge is -2.23. The lowest BCUT2D eigenvalue weighted by molar-refractivity contribution is -0.0328. The summed E-state index contributed by atoms with van der Waals surface area (Å²) < 4.78 is 0. The molecule has 0 fully saturated rings. The van der Waals surface area contributed by atoms with Crippen molar-refractivity contribution in [2.75, 3.05) is 46.2 Å². The van der Waals surface area contributed by atoms with E-state index < -0.39 is 31.8 Å². The van der Waals surface area contributed by atoms with E-state index in [0.717, 1.165) is 0 Å². The monoisotopic (exact) mass is 270 g/mol. The van der Waals surface area contributed by atoms with Crippen LogP contribution in [0.2, 0.25) is 0 Å². The van der Waals surface area contributed by atoms with Gasteiger partial charge >= 0.3 is 0 Å². The number of aliphatic hydroxyl groups is 7. The van der Waals surface area contributed by atoms with Crippen molar-refractivity contribution in [3.05, 3.63) is 0 Å². The van der Waals surface area contributed by atoms with Crippen LogP contribution in [0.4, 0.5) is 0 Å². The zero-order valence-corrected chi connectivity index (χ0v) is 10.6. The van der Waals surface area contributed by atoms with Crippen LogP contribution in [0.5, 0.6) is 0 Å². The average molecular weight is 270 g/mol. The molecule has 0 aliphatic heterocycles. The lowest BCUT2D eigenvalue weighted by Crippen LogP contribution is -2.37. The van der Waals surface area contributed by atoms with E-state index in [1.165, 1.54) is 0 Å². The first-order valence-electron chi connectivity index (χ1n) is 5.85. The van der Waals surface area contributed by atoms with Crippen molar-refractivity contribution in [1.29, 1.82) is 0 Å². The van der Waals surface area contributed by atoms with Gasteiger partial charge in [0.1, 0.15) is 0 Å². The maximum Gasteiger partial charge on any atom is 0.0627 e. The van der Waals surface area contributed by atoms with Crippen LogP contribution in [-0.2, 0) is 0 Å². The molecule has 0 aromatic heterocycles. The average Bonchev–Trinajstić information content (AvgIpc) is 2.44. The molecule has 0 aromatic rings. The Labute approximate surface area is 107 Å². The summed E-state index contributed by atoms with van der Waals surface area (Å²) in [4.78, 5) is 0. The molecule has 7 N–H and O–H groups in total. The maximum absolute atomic E-state index is 8.51. The Hall–Kier alpha value is -0.280. The largest absolute Gasteiger partial charge is 0.396 e. The Morgan fingerprint density at radius 2 is 1.06 bits per heavy atom. The summed E-state index contributed by atoms with van der Waals surface area (Å²) >= 11 is 0. The number of aliphatic hydroxyl groups excluding tert-OH is 7. The minimum atomic E-state index is -1.11. The van der Waals surface area contributed by atoms with E-state index in [1.807, 2.05) is 0 Å². The molecule has 0 aromatic carbocycles. The molecular formula is C11H26O7. The number of rotatable bonds is 9. The van der Waals surface area contributed by atoms with Crippen molar-refractivity contribution < 1.29 is 35.7 Å². The van der Waals surface area contributed by atoms with Gasteiger partial charge in [-0.25, -0.2) is 0 Å². The molecule has 7 nitrogen and oxygen atoms in total. The van der Waals surface area contributed by atoms with Crippen LogP contribution < -0.4 is 0 Å². The summed E-state index contributed by atoms with van der Waals surface area (Å²) in [5.74, 6) is -0.0443. The van der Waals surface area contributed by atoms with Gasteiger partial charge in [-0.2, -0.15) is 0 Å². The summed E-state index contributed by atoms with van der Waals surface area (Å²) in [6, 6.07) is 0. The molecule has 0 atom stereocenters. The van der Waals surface area contributed by atoms with Gasteiger partial charge in [0, 0.05) is 25.7 Å². The highest BCUT2D eigenvalue weighted by Crippen LogP contribution is 2.11. The predicted molar refractivity (Wildman–Crippen MR) is 64.8 cm³/mol. The summed E-state index contributed by atoms with van der Waals surface area (Å²) in [6.07, 6.45) is 1.36. The number of hydrogen-bond acceptors (Lipinski definition) is 7. The molecule has 0 saturated carbocycles. The zero-order valence-electron chi connectivity index (χ0n) is 10.6. The van der Waals surface area contributed by atoms with E-state index in [-0.39, 0.29) is 25.7 Å². The van der Waals surface area contributed by atoms with Gasteiger partial charge in [0.15, 0.2) is 0 Å². The molecule has 0 radical (unpaired) electrons. The van der Waals surface area contributed by atoms with Gasteiger partial charge in [0.25, 0.3) is 0 Å². The third-order valence-electron chi connectivity index (χ3n) is 2.63. The molecule has 0 aliphatic carbocycles. The van der Waals surface area contributed by atoms with Crippen LogP contribution in [0.25, 0.3) is 0 Å². The first kappa shape index (κ1) is 20.0. The summed E-state index contributed by atoms with van der Waals surface area (Å²) in [7, 11) is 0. The topological polar surface area (TPSA) is 142 Å². The smallest absolute Gasteiger partial charge is 0.0627 e. The Morgan fingerprint density at radius 3 is 1.22 bits per heavy atom. The molecule has 0 heterocycles. The van der Waals surface area contributed by atoms with E-state index >= 15 is 0 Å². The molecule has 0 aliphatic rings. The van der Waals surface area contributed by atoms with Crippen LogP contribution in [0.15, 0.2) is 0 Å². The highest BCUT2D eigenvalue weighted by atomic mass is 16.3. The Bertz CT molecular complexity index is 140. The van der Waals surface area contributed by atoms with Crippen LogP contribution in [0.1, 0.15) is 12.8 Å². The minimum absolute atomic E-state index is 0.0104. The molecule has 0 bridgehead atoms. The molecule has 0 saturated heterocycles. The van der Waals surface area contributed by atoms with Gasteiger partial charge in [-0.05, 0) is 12.8 Å². The first-order valence-corrected chi connectivity index (χ1v) is 5.85. The molecule has 7 heteroatoms. The third kappa shape index (κ3) is 8.76. The number of hydrogen-bond donors (Lipinski definition) is 7. The van der Waals surface area contributed by atoms with E-state index in [2.05, 4.69) is 0 Å². The van der Waals surface area contributed by atoms with E-state index in [9.17, 15) is 0 Å². The van der Waals surface area contributed by atoms with Crippen molar-refractivity contribution in [3.8, 4) is 0 Å². The highest BCUT2D eigenvalue weighted by molar-refractivity contribution is 4.74. The first-order chi connectivity index (χ1) is 8.59. The Kier molecular flexibility index (Phi) is 14.7. The van der Waals surface area contributed by atoms with Gasteiger partial charge in [-0.15, -0.1) is 0 Å². The molecule has 18 heavy (non-hydrogen) atoms. The van der Waals surface area contributed by atoms with Crippen LogP contribution >= 0.6 is 0 Å². The van der Waals surface area contributed by atoms with Crippen LogP contribution in [-0.4, -0.2) is 82.0 Å². The van der Waals surface area contributed by atoms with Crippen molar-refractivity contribution in [2.24, 2.45) is 11.3 Å². The highest BCUT2D eigenvalue weighted by Gasteiger charge is 2.26. The zero-order chi connectivity index (χ0) is 14.4. The fourth-order valence-corrected chi connectivity index (χ4v) is 0.920. The molecule has 0 spiro atoms. The standard InChI is InChI=1S/C6H14O3.C5H12O4/c7-3-1-2-6(4-8)5-9;6-1-5(2-7,3-8)4-9/h6-9H,1-5H2;6-9H,1-4H2. The van der Waals surface area contributed by atoms with Crippen LogP contribution in [0.3, 0.4) is 0 Å². The fourth-order valence-electron chi connectivity index (χ4n) is 0.920. The Morgan fingerprint density at radius 1 is 0.667 bits per heavy atom. The second-order valence-electron chi connectivity index (χ2n) is 4.23. The van der Waals surface area contributed by atoms with E-state index in [4.69, 9.17) is 35.7 Å². The lowest BCUT2D eigenvalue weighted by atomic mass is 9.93. The summed E-state index contributed by atoms with van der Waals surface area (Å²) in [6.45, 7) is -1.47. The predicted octanol–water partition coefficient (Wildman–Crippen LogP) is -2.70. The minimum Gasteiger partial charge on any atom is -0.396 e. The molecule has 112 valence electrons. The maximum atomic E-state index is 8.51. The van der Waals surface area contributed by atoms with Crippen molar-refractivity contribution in [1.82, 2.24) is 0 Å². The SMILES string of the molecule is OCC(CO)(CO)CO.OCCCC(CO)CO. The van der Waals surface area contributed by atoms with Gasteiger partial charge in [-0.3, -0.25) is 0 Å². The van der Waals surface area contributed by atoms with E-state index in [1.54, 1.807) is 0 Å². The normalized spacial score (nSPS) is 11.3. The van der Waals surface area contributed by atoms with Crippen molar-refractivity contribution in [3.63, 3.8) is 0 Å². The molecule has 0 rings (SSSR count). The third-order valence-corrected chi connectivity index (χ3v) is 2.63.